The third-order valence-corrected chi connectivity index (χ3v) is 6.50. The van der Waals surface area contributed by atoms with Crippen molar-refractivity contribution in [1.82, 2.24) is 4.90 Å². The number of phenols is 1. The Morgan fingerprint density at radius 3 is 2.36 bits per heavy atom. The summed E-state index contributed by atoms with van der Waals surface area (Å²) in [6.45, 7) is 4.03. The topological polar surface area (TPSA) is 77.5 Å². The van der Waals surface area contributed by atoms with E-state index in [1.165, 1.54) is 11.1 Å². The molecule has 0 saturated carbocycles. The molecule has 5 rings (SSSR count). The molecule has 1 N–H and O–H groups in total. The molecular weight excluding hydrogens is 422 g/mol. The van der Waals surface area contributed by atoms with E-state index in [-0.39, 0.29) is 12.7 Å². The summed E-state index contributed by atoms with van der Waals surface area (Å²) in [6, 6.07) is 9.85. The van der Waals surface area contributed by atoms with Gasteiger partial charge in [0.15, 0.2) is 11.5 Å². The number of amides is 1. The monoisotopic (exact) mass is 451 g/mol. The van der Waals surface area contributed by atoms with E-state index in [9.17, 15) is 9.90 Å². The van der Waals surface area contributed by atoms with Crippen LogP contribution in [-0.4, -0.2) is 49.0 Å². The minimum absolute atomic E-state index is 0.132. The predicted octanol–water partition coefficient (Wildman–Crippen LogP) is 3.50. The number of rotatable bonds is 1. The molecule has 0 spiro atoms. The second-order valence-corrected chi connectivity index (χ2v) is 8.67. The number of fused-ring (bicyclic) bond motifs is 4. The lowest BCUT2D eigenvalue weighted by Gasteiger charge is -2.27. The molecule has 174 valence electrons. The van der Waals surface area contributed by atoms with E-state index in [1.807, 2.05) is 17.0 Å². The molecule has 7 nitrogen and oxygen atoms in total. The maximum Gasteiger partial charge on any atom is 0.292 e. The van der Waals surface area contributed by atoms with Gasteiger partial charge in [-0.3, -0.25) is 4.79 Å². The number of allylic oxidation sites excluding steroid dienone is 1. The van der Waals surface area contributed by atoms with E-state index in [4.69, 9.17) is 18.9 Å². The lowest BCUT2D eigenvalue weighted by molar-refractivity contribution is -0.132. The molecular formula is C26H29NO6. The van der Waals surface area contributed by atoms with Crippen molar-refractivity contribution in [3.8, 4) is 17.2 Å². The fourth-order valence-electron chi connectivity index (χ4n) is 4.66. The van der Waals surface area contributed by atoms with Crippen LogP contribution >= 0.6 is 0 Å². The van der Waals surface area contributed by atoms with Crippen LogP contribution in [0.15, 0.2) is 41.9 Å². The number of hydrogen-bond donors (Lipinski definition) is 1. The Balaban J connectivity index is 1.46. The summed E-state index contributed by atoms with van der Waals surface area (Å²) in [7, 11) is 0. The van der Waals surface area contributed by atoms with Crippen molar-refractivity contribution in [2.45, 2.75) is 39.0 Å². The molecule has 3 aliphatic heterocycles. The average molecular weight is 452 g/mol. The molecule has 0 atom stereocenters. The molecule has 2 aromatic carbocycles. The zero-order valence-corrected chi connectivity index (χ0v) is 18.9. The van der Waals surface area contributed by atoms with Gasteiger partial charge in [0.05, 0.1) is 0 Å². The number of carbonyl (C=O) groups is 1. The quantitative estimate of drug-likeness (QED) is 0.715. The van der Waals surface area contributed by atoms with Gasteiger partial charge >= 0.3 is 0 Å². The van der Waals surface area contributed by atoms with Gasteiger partial charge in [-0.05, 0) is 79.5 Å². The largest absolute Gasteiger partial charge is 0.508 e. The Kier molecular flexibility index (Phi) is 6.03. The first-order valence-corrected chi connectivity index (χ1v) is 11.6. The zero-order valence-electron chi connectivity index (χ0n) is 18.9. The maximum atomic E-state index is 13.3. The smallest absolute Gasteiger partial charge is 0.292 e. The van der Waals surface area contributed by atoms with Gasteiger partial charge < -0.3 is 29.0 Å². The van der Waals surface area contributed by atoms with Gasteiger partial charge in [0.2, 0.25) is 12.6 Å². The molecule has 2 aromatic rings. The van der Waals surface area contributed by atoms with Gasteiger partial charge in [-0.25, -0.2) is 0 Å². The fraction of sp³-hybridized carbons (Fsp3) is 0.423. The summed E-state index contributed by atoms with van der Waals surface area (Å²) < 4.78 is 22.4. The third kappa shape index (κ3) is 4.58. The maximum absolute atomic E-state index is 13.3. The Hall–Kier alpha value is -3.35. The first-order chi connectivity index (χ1) is 16.1. The molecule has 3 heterocycles. The van der Waals surface area contributed by atoms with Crippen molar-refractivity contribution in [2.24, 2.45) is 0 Å². The van der Waals surface area contributed by atoms with Gasteiger partial charge in [0, 0.05) is 13.1 Å². The summed E-state index contributed by atoms with van der Waals surface area (Å²) in [6.07, 6.45) is 3.85. The van der Waals surface area contributed by atoms with Crippen molar-refractivity contribution in [3.05, 3.63) is 64.1 Å². The van der Waals surface area contributed by atoms with Crippen molar-refractivity contribution in [3.63, 3.8) is 0 Å². The van der Waals surface area contributed by atoms with Crippen molar-refractivity contribution in [1.29, 1.82) is 0 Å². The molecule has 7 heteroatoms. The number of ether oxygens (including phenoxy) is 4. The Morgan fingerprint density at radius 1 is 0.848 bits per heavy atom. The molecule has 1 amide bonds. The van der Waals surface area contributed by atoms with E-state index >= 15 is 0 Å². The molecule has 0 unspecified atom stereocenters. The second kappa shape index (κ2) is 9.25. The summed E-state index contributed by atoms with van der Waals surface area (Å²) >= 11 is 0. The normalized spacial score (nSPS) is 18.3. The number of aryl methyl sites for hydroxylation is 3. The summed E-state index contributed by atoms with van der Waals surface area (Å²) in [5.74, 6) is 2.55. The van der Waals surface area contributed by atoms with Crippen LogP contribution in [-0.2, 0) is 40.0 Å². The number of carbonyl (C=O) groups excluding carboxylic acids is 1. The molecule has 3 aliphatic rings. The lowest BCUT2D eigenvalue weighted by atomic mass is 9.95. The lowest BCUT2D eigenvalue weighted by Crippen LogP contribution is -2.37. The predicted molar refractivity (Wildman–Crippen MR) is 121 cm³/mol. The first-order valence-electron chi connectivity index (χ1n) is 11.6. The number of aromatic hydroxyl groups is 1. The van der Waals surface area contributed by atoms with Gasteiger partial charge in [0.1, 0.15) is 24.7 Å². The fourth-order valence-corrected chi connectivity index (χ4v) is 4.66. The van der Waals surface area contributed by atoms with Crippen LogP contribution < -0.4 is 9.47 Å². The molecule has 0 aliphatic carbocycles. The molecule has 0 radical (unpaired) electrons. The van der Waals surface area contributed by atoms with E-state index in [0.29, 0.717) is 50.0 Å². The van der Waals surface area contributed by atoms with E-state index in [0.717, 1.165) is 48.3 Å². The number of benzene rings is 2. The Morgan fingerprint density at radius 2 is 1.58 bits per heavy atom. The van der Waals surface area contributed by atoms with Gasteiger partial charge in [0.25, 0.3) is 5.91 Å². The molecule has 0 saturated heterocycles. The highest BCUT2D eigenvalue weighted by Gasteiger charge is 2.26. The van der Waals surface area contributed by atoms with Crippen LogP contribution in [0.2, 0.25) is 0 Å². The average Bonchev–Trinajstić information content (AvgIpc) is 3.28. The molecule has 0 fully saturated rings. The molecule has 2 bridgehead atoms. The van der Waals surface area contributed by atoms with Crippen LogP contribution in [0.5, 0.6) is 17.2 Å². The minimum atomic E-state index is -0.132. The van der Waals surface area contributed by atoms with Crippen molar-refractivity contribution in [2.75, 3.05) is 33.1 Å². The summed E-state index contributed by atoms with van der Waals surface area (Å²) in [5, 5.41) is 10.4. The zero-order chi connectivity index (χ0) is 22.8. The van der Waals surface area contributed by atoms with E-state index < -0.39 is 0 Å². The van der Waals surface area contributed by atoms with Crippen LogP contribution in [0, 0.1) is 0 Å². The van der Waals surface area contributed by atoms with Crippen LogP contribution in [0.25, 0.3) is 0 Å². The Labute approximate surface area is 193 Å². The summed E-state index contributed by atoms with van der Waals surface area (Å²) in [4.78, 5) is 15.2. The number of nitrogens with zero attached hydrogens (tertiary/aromatic N) is 1. The standard InChI is InChI=1S/C26H29NO6/c1-17-25(31-12-11-30-17)26(29)27-9-2-3-19-14-23-24(33-16-32-23)15-20(19)5-6-21-13-18(8-10-27)4-7-22(21)28/h4,7,13-15,28H,2-3,5-6,8-12,16H2,1H3. The molecule has 0 aromatic heterocycles. The van der Waals surface area contributed by atoms with Gasteiger partial charge in [-0.1, -0.05) is 12.1 Å². The van der Waals surface area contributed by atoms with Crippen molar-refractivity contribution < 1.29 is 28.8 Å². The van der Waals surface area contributed by atoms with Crippen LogP contribution in [0.4, 0.5) is 0 Å². The van der Waals surface area contributed by atoms with Crippen LogP contribution in [0.1, 0.15) is 35.6 Å². The van der Waals surface area contributed by atoms with Gasteiger partial charge in [-0.15, -0.1) is 0 Å². The van der Waals surface area contributed by atoms with Gasteiger partial charge in [-0.2, -0.15) is 0 Å². The SMILES string of the molecule is CC1=C(C(=O)N2CCCc3cc4c(cc3CCc3cc(ccc3O)CC2)OCO4)OCCO1. The Bertz CT molecular complexity index is 1090. The second-order valence-electron chi connectivity index (χ2n) is 8.67. The van der Waals surface area contributed by atoms with E-state index in [2.05, 4.69) is 12.1 Å². The first kappa shape index (κ1) is 21.5. The van der Waals surface area contributed by atoms with Crippen molar-refractivity contribution >= 4 is 5.91 Å². The highest BCUT2D eigenvalue weighted by Crippen LogP contribution is 2.36. The highest BCUT2D eigenvalue weighted by atomic mass is 16.7. The number of phenolic OH excluding ortho intramolecular Hbond substituents is 1. The minimum Gasteiger partial charge on any atom is -0.508 e. The van der Waals surface area contributed by atoms with Crippen LogP contribution in [0.3, 0.4) is 0 Å². The molecule has 33 heavy (non-hydrogen) atoms. The number of hydrogen-bond acceptors (Lipinski definition) is 6. The third-order valence-electron chi connectivity index (χ3n) is 6.50. The summed E-state index contributed by atoms with van der Waals surface area (Å²) in [5.41, 5.74) is 4.38. The van der Waals surface area contributed by atoms with E-state index in [1.54, 1.807) is 13.0 Å². The highest BCUT2D eigenvalue weighted by molar-refractivity contribution is 5.92.